The van der Waals surface area contributed by atoms with Crippen LogP contribution in [0, 0.1) is 0 Å². The molecule has 1 heterocycles. The van der Waals surface area contributed by atoms with Gasteiger partial charge in [0.2, 0.25) is 17.7 Å². The molecule has 0 saturated heterocycles. The summed E-state index contributed by atoms with van der Waals surface area (Å²) in [7, 11) is 0. The summed E-state index contributed by atoms with van der Waals surface area (Å²) in [4.78, 5) is 67.6. The molecule has 222 valence electrons. The van der Waals surface area contributed by atoms with Crippen LogP contribution in [-0.2, 0) is 36.8 Å². The van der Waals surface area contributed by atoms with Crippen molar-refractivity contribution in [2.45, 2.75) is 49.9 Å². The third kappa shape index (κ3) is 9.83. The summed E-state index contributed by atoms with van der Waals surface area (Å²) in [6.45, 7) is 0. The summed E-state index contributed by atoms with van der Waals surface area (Å²) >= 11 is 0. The van der Waals surface area contributed by atoms with Crippen LogP contribution in [0.2, 0.25) is 0 Å². The minimum absolute atomic E-state index is 0.0619. The Hall–Kier alpha value is -5.08. The van der Waals surface area contributed by atoms with Gasteiger partial charge in [-0.3, -0.25) is 19.2 Å². The van der Waals surface area contributed by atoms with Gasteiger partial charge in [0, 0.05) is 30.4 Å². The highest BCUT2D eigenvalue weighted by Gasteiger charge is 2.26. The van der Waals surface area contributed by atoms with Gasteiger partial charge in [-0.25, -0.2) is 9.78 Å². The van der Waals surface area contributed by atoms with Crippen LogP contribution in [0.5, 0.6) is 0 Å². The van der Waals surface area contributed by atoms with E-state index in [-0.39, 0.29) is 19.3 Å². The fourth-order valence-corrected chi connectivity index (χ4v) is 4.06. The summed E-state index contributed by atoms with van der Waals surface area (Å²) in [5.41, 5.74) is 13.8. The highest BCUT2D eigenvalue weighted by molar-refractivity contribution is 5.96. The van der Waals surface area contributed by atoms with Crippen LogP contribution in [0.4, 0.5) is 5.69 Å². The van der Waals surface area contributed by atoms with Crippen molar-refractivity contribution in [1.29, 1.82) is 0 Å². The van der Waals surface area contributed by atoms with Crippen LogP contribution in [0.1, 0.15) is 35.7 Å². The maximum atomic E-state index is 13.0. The van der Waals surface area contributed by atoms with Crippen LogP contribution in [0.15, 0.2) is 67.1 Å². The molecule has 0 aliphatic rings. The Balaban J connectivity index is 1.74. The number of rotatable bonds is 15. The molecule has 3 amide bonds. The molecule has 0 aliphatic heterocycles. The molecule has 2 aromatic carbocycles. The summed E-state index contributed by atoms with van der Waals surface area (Å²) in [6.07, 6.45) is 2.35. The molecule has 14 heteroatoms. The van der Waals surface area contributed by atoms with Crippen LogP contribution >= 0.6 is 0 Å². The summed E-state index contributed by atoms with van der Waals surface area (Å²) in [5, 5.41) is 26.3. The molecule has 0 radical (unpaired) electrons. The molecule has 0 spiro atoms. The van der Waals surface area contributed by atoms with Crippen LogP contribution < -0.4 is 27.4 Å². The number of carboxylic acids is 2. The third-order valence-electron chi connectivity index (χ3n) is 6.27. The number of hydrogen-bond donors (Lipinski definition) is 8. The number of nitrogens with zero attached hydrogens (tertiary/aromatic N) is 1. The molecule has 0 aliphatic carbocycles. The predicted octanol–water partition coefficient (Wildman–Crippen LogP) is 0.0797. The summed E-state index contributed by atoms with van der Waals surface area (Å²) < 4.78 is 0. The average molecular weight is 580 g/mol. The van der Waals surface area contributed by atoms with Gasteiger partial charge in [0.05, 0.1) is 37.3 Å². The van der Waals surface area contributed by atoms with E-state index in [1.807, 2.05) is 0 Å². The first-order chi connectivity index (χ1) is 20.0. The monoisotopic (exact) mass is 579 g/mol. The van der Waals surface area contributed by atoms with Gasteiger partial charge in [0.1, 0.15) is 6.04 Å². The number of nitrogens with two attached hydrogens (primary N) is 2. The van der Waals surface area contributed by atoms with E-state index in [0.717, 1.165) is 5.56 Å². The largest absolute Gasteiger partial charge is 0.481 e. The topological polar surface area (TPSA) is 243 Å². The Kier molecular flexibility index (Phi) is 11.3. The minimum Gasteiger partial charge on any atom is -0.481 e. The molecule has 0 bridgehead atoms. The quantitative estimate of drug-likeness (QED) is 0.120. The molecule has 0 fully saturated rings. The molecule has 3 aromatic rings. The maximum Gasteiger partial charge on any atom is 0.326 e. The first-order valence-corrected chi connectivity index (χ1v) is 13.0. The Morgan fingerprint density at radius 2 is 1.52 bits per heavy atom. The number of imidazole rings is 1. The lowest BCUT2D eigenvalue weighted by atomic mass is 10.0. The molecule has 1 aromatic heterocycles. The fourth-order valence-electron chi connectivity index (χ4n) is 4.06. The number of amides is 3. The Labute approximate surface area is 240 Å². The van der Waals surface area contributed by atoms with E-state index in [4.69, 9.17) is 16.6 Å². The molecule has 3 rings (SSSR count). The molecule has 10 N–H and O–H groups in total. The van der Waals surface area contributed by atoms with Gasteiger partial charge in [-0.05, 0) is 23.3 Å². The van der Waals surface area contributed by atoms with Gasteiger partial charge in [-0.2, -0.15) is 0 Å². The number of H-pyrrole nitrogens is 1. The number of carbonyl (C=O) groups excluding carboxylic acids is 3. The normalized spacial score (nSPS) is 13.7. The van der Waals surface area contributed by atoms with E-state index in [9.17, 15) is 29.1 Å². The number of carboxylic acid groups (broad SMARTS) is 2. The maximum absolute atomic E-state index is 13.0. The third-order valence-corrected chi connectivity index (χ3v) is 6.27. The second-order valence-electron chi connectivity index (χ2n) is 9.62. The van der Waals surface area contributed by atoms with Crippen LogP contribution in [-0.4, -0.2) is 68.0 Å². The van der Waals surface area contributed by atoms with Crippen molar-refractivity contribution in [3.05, 3.63) is 83.9 Å². The smallest absolute Gasteiger partial charge is 0.326 e. The Morgan fingerprint density at radius 3 is 2.12 bits per heavy atom. The Bertz CT molecular complexity index is 1370. The number of hydrogen-bond acceptors (Lipinski definition) is 8. The zero-order valence-electron chi connectivity index (χ0n) is 22.5. The number of benzene rings is 2. The molecular formula is C28H33N7O7. The zero-order chi connectivity index (χ0) is 30.6. The number of anilines is 1. The van der Waals surface area contributed by atoms with Crippen molar-refractivity contribution in [2.24, 2.45) is 11.5 Å². The van der Waals surface area contributed by atoms with E-state index in [1.165, 1.54) is 24.7 Å². The SMILES string of the molecule is N[C@@H](CC(=O)O)C(=O)Nc1ccc(C(CC(=O)N[C@@H](Cc2ccccc2)C(=O)O)NC(=O)[C@@H](N)Cc2cnc[nH]2)cc1. The van der Waals surface area contributed by atoms with Gasteiger partial charge >= 0.3 is 11.9 Å². The lowest BCUT2D eigenvalue weighted by molar-refractivity contribution is -0.142. The highest BCUT2D eigenvalue weighted by atomic mass is 16.4. The zero-order valence-corrected chi connectivity index (χ0v) is 22.5. The van der Waals surface area contributed by atoms with Gasteiger partial charge in [0.25, 0.3) is 0 Å². The number of carbonyl (C=O) groups is 5. The van der Waals surface area contributed by atoms with Crippen molar-refractivity contribution in [3.8, 4) is 0 Å². The molecule has 4 atom stereocenters. The first-order valence-electron chi connectivity index (χ1n) is 13.0. The summed E-state index contributed by atoms with van der Waals surface area (Å²) in [5.74, 6) is -4.31. The van der Waals surface area contributed by atoms with Crippen molar-refractivity contribution < 1.29 is 34.2 Å². The van der Waals surface area contributed by atoms with Crippen molar-refractivity contribution in [1.82, 2.24) is 20.6 Å². The first kappa shape index (κ1) is 31.4. The molecule has 42 heavy (non-hydrogen) atoms. The second kappa shape index (κ2) is 15.1. The molecule has 1 unspecified atom stereocenters. The van der Waals surface area contributed by atoms with Gasteiger partial charge in [-0.15, -0.1) is 0 Å². The number of aromatic amines is 1. The van der Waals surface area contributed by atoms with Crippen LogP contribution in [0.3, 0.4) is 0 Å². The van der Waals surface area contributed by atoms with Gasteiger partial charge in [-0.1, -0.05) is 42.5 Å². The predicted molar refractivity (Wildman–Crippen MR) is 151 cm³/mol. The van der Waals surface area contributed by atoms with Crippen LogP contribution in [0.25, 0.3) is 0 Å². The van der Waals surface area contributed by atoms with E-state index < -0.39 is 60.2 Å². The number of aromatic nitrogens is 2. The minimum atomic E-state index is -1.26. The number of aliphatic carboxylic acids is 2. The lowest BCUT2D eigenvalue weighted by Crippen LogP contribution is -2.46. The number of nitrogens with one attached hydrogen (secondary N) is 4. The Morgan fingerprint density at radius 1 is 0.833 bits per heavy atom. The second-order valence-corrected chi connectivity index (χ2v) is 9.62. The van der Waals surface area contributed by atoms with Crippen molar-refractivity contribution >= 4 is 35.3 Å². The van der Waals surface area contributed by atoms with E-state index in [1.54, 1.807) is 42.5 Å². The van der Waals surface area contributed by atoms with Crippen molar-refractivity contribution in [2.75, 3.05) is 5.32 Å². The van der Waals surface area contributed by atoms with Gasteiger partial charge in [0.15, 0.2) is 0 Å². The molecule has 0 saturated carbocycles. The van der Waals surface area contributed by atoms with E-state index >= 15 is 0 Å². The van der Waals surface area contributed by atoms with E-state index in [0.29, 0.717) is 16.9 Å². The van der Waals surface area contributed by atoms with Gasteiger partial charge < -0.3 is 42.6 Å². The highest BCUT2D eigenvalue weighted by Crippen LogP contribution is 2.21. The molecule has 14 nitrogen and oxygen atoms in total. The van der Waals surface area contributed by atoms with E-state index in [2.05, 4.69) is 25.9 Å². The lowest BCUT2D eigenvalue weighted by Gasteiger charge is -2.23. The van der Waals surface area contributed by atoms with Crippen molar-refractivity contribution in [3.63, 3.8) is 0 Å². The molecular weight excluding hydrogens is 546 g/mol. The summed E-state index contributed by atoms with van der Waals surface area (Å²) in [6, 6.07) is 10.6. The average Bonchev–Trinajstić information content (AvgIpc) is 3.46. The fraction of sp³-hybridized carbons (Fsp3) is 0.286. The standard InChI is InChI=1S/C28H33N7O7/c29-20(11-19-14-31-15-32-19)27(40)35-22(13-24(36)34-23(28(41)42)10-16-4-2-1-3-5-16)17-6-8-18(9-7-17)33-26(39)21(30)12-25(37)38/h1-9,14-15,20-23H,10-13,29-30H2,(H,31,32)(H,33,39)(H,34,36)(H,35,40)(H,37,38)(H,41,42)/t20-,21-,22?,23-/m0/s1.